The molecule has 1 unspecified atom stereocenters. The van der Waals surface area contributed by atoms with Crippen LogP contribution in [0.25, 0.3) is 0 Å². The summed E-state index contributed by atoms with van der Waals surface area (Å²) in [4.78, 5) is 27.2. The number of hydrogen-bond donors (Lipinski definition) is 2. The summed E-state index contributed by atoms with van der Waals surface area (Å²) < 4.78 is 14.0. The first-order valence-electron chi connectivity index (χ1n) is 9.88. The monoisotopic (exact) mass is 382 g/mol. The van der Waals surface area contributed by atoms with Crippen LogP contribution in [0.5, 0.6) is 0 Å². The fourth-order valence-electron chi connectivity index (χ4n) is 3.79. The zero-order valence-corrected chi connectivity index (χ0v) is 15.8. The number of carbonyl (C=O) groups is 2. The second kappa shape index (κ2) is 8.10. The molecule has 1 saturated heterocycles. The number of nitrogens with one attached hydrogen (secondary N) is 2. The zero-order valence-electron chi connectivity index (χ0n) is 15.8. The maximum atomic E-state index is 14.0. The van der Waals surface area contributed by atoms with Gasteiger partial charge < -0.3 is 15.1 Å². The Bertz CT molecular complexity index is 864. The van der Waals surface area contributed by atoms with Crippen molar-refractivity contribution >= 4 is 23.2 Å². The fourth-order valence-corrected chi connectivity index (χ4v) is 3.79. The highest BCUT2D eigenvalue weighted by molar-refractivity contribution is 5.96. The number of hydrogen-bond acceptors (Lipinski definition) is 2. The molecular formula is C22H25FN3O2+. The van der Waals surface area contributed by atoms with Crippen molar-refractivity contribution in [2.24, 2.45) is 0 Å². The number of anilines is 2. The molecule has 28 heavy (non-hydrogen) atoms. The van der Waals surface area contributed by atoms with Gasteiger partial charge in [-0.2, -0.15) is 0 Å². The van der Waals surface area contributed by atoms with Gasteiger partial charge in [0, 0.05) is 42.7 Å². The molecule has 146 valence electrons. The van der Waals surface area contributed by atoms with Gasteiger partial charge >= 0.3 is 0 Å². The van der Waals surface area contributed by atoms with Gasteiger partial charge in [-0.15, -0.1) is 0 Å². The molecule has 2 amide bonds. The van der Waals surface area contributed by atoms with E-state index in [4.69, 9.17) is 0 Å². The molecular weight excluding hydrogens is 357 g/mol. The van der Waals surface area contributed by atoms with Crippen LogP contribution in [-0.2, 0) is 16.1 Å². The molecule has 2 aliphatic rings. The molecule has 2 N–H and O–H groups in total. The lowest BCUT2D eigenvalue weighted by Gasteiger charge is -2.19. The second-order valence-electron chi connectivity index (χ2n) is 7.62. The summed E-state index contributed by atoms with van der Waals surface area (Å²) in [5, 5.41) is 2.93. The van der Waals surface area contributed by atoms with Crippen molar-refractivity contribution in [3.05, 3.63) is 59.9 Å². The topological polar surface area (TPSA) is 53.9 Å². The summed E-state index contributed by atoms with van der Waals surface area (Å²) in [5.41, 5.74) is 2.23. The largest absolute Gasteiger partial charge is 0.321 e. The molecule has 5 nitrogen and oxygen atoms in total. The molecule has 1 aliphatic carbocycles. The molecule has 6 heteroatoms. The van der Waals surface area contributed by atoms with Crippen molar-refractivity contribution in [1.29, 1.82) is 0 Å². The smallest absolute Gasteiger partial charge is 0.279 e. The minimum atomic E-state index is -0.215. The molecule has 2 aromatic carbocycles. The quantitative estimate of drug-likeness (QED) is 0.771. The van der Waals surface area contributed by atoms with Gasteiger partial charge in [-0.05, 0) is 36.8 Å². The standard InChI is InChI=1S/C22H24FN3O2/c23-20-5-2-1-4-16(20)14-25(18-11-12-18)15-21(27)24-17-7-9-19(10-8-17)26-13-3-6-22(26)28/h1-2,4-5,7-10,18H,3,6,11-15H2,(H,24,27)/p+1. The zero-order chi connectivity index (χ0) is 19.5. The van der Waals surface area contributed by atoms with Gasteiger partial charge in [0.15, 0.2) is 6.54 Å². The molecule has 1 heterocycles. The molecule has 1 saturated carbocycles. The third-order valence-corrected chi connectivity index (χ3v) is 5.45. The van der Waals surface area contributed by atoms with Crippen LogP contribution in [0.3, 0.4) is 0 Å². The predicted molar refractivity (Wildman–Crippen MR) is 106 cm³/mol. The summed E-state index contributed by atoms with van der Waals surface area (Å²) >= 11 is 0. The van der Waals surface area contributed by atoms with E-state index in [2.05, 4.69) is 5.32 Å². The maximum Gasteiger partial charge on any atom is 0.279 e. The number of benzene rings is 2. The van der Waals surface area contributed by atoms with Crippen molar-refractivity contribution in [3.8, 4) is 0 Å². The van der Waals surface area contributed by atoms with E-state index in [0.29, 0.717) is 36.8 Å². The van der Waals surface area contributed by atoms with Crippen molar-refractivity contribution in [1.82, 2.24) is 0 Å². The SMILES string of the molecule is O=C(C[NH+](Cc1ccccc1F)C1CC1)Nc1ccc(N2CCCC2=O)cc1. The van der Waals surface area contributed by atoms with Gasteiger partial charge in [-0.3, -0.25) is 9.59 Å². The van der Waals surface area contributed by atoms with Crippen molar-refractivity contribution < 1.29 is 18.9 Å². The average Bonchev–Trinajstić information content (AvgIpc) is 3.45. The Morgan fingerprint density at radius 3 is 2.54 bits per heavy atom. The number of halogens is 1. The Morgan fingerprint density at radius 2 is 1.89 bits per heavy atom. The summed E-state index contributed by atoms with van der Waals surface area (Å²) in [6, 6.07) is 14.6. The number of carbonyl (C=O) groups excluding carboxylic acids is 2. The lowest BCUT2D eigenvalue weighted by molar-refractivity contribution is -0.917. The Labute approximate surface area is 164 Å². The van der Waals surface area contributed by atoms with Crippen LogP contribution >= 0.6 is 0 Å². The minimum Gasteiger partial charge on any atom is -0.321 e. The first-order chi connectivity index (χ1) is 13.6. The lowest BCUT2D eigenvalue weighted by Crippen LogP contribution is -3.13. The van der Waals surface area contributed by atoms with Crippen LogP contribution in [0.4, 0.5) is 15.8 Å². The normalized spacial score (nSPS) is 17.6. The van der Waals surface area contributed by atoms with Gasteiger partial charge in [-0.1, -0.05) is 18.2 Å². The van der Waals surface area contributed by atoms with E-state index in [1.807, 2.05) is 30.3 Å². The van der Waals surface area contributed by atoms with Crippen LogP contribution in [0.1, 0.15) is 31.2 Å². The predicted octanol–water partition coefficient (Wildman–Crippen LogP) is 2.14. The van der Waals surface area contributed by atoms with Crippen LogP contribution < -0.4 is 15.1 Å². The first kappa shape index (κ1) is 18.6. The molecule has 4 rings (SSSR count). The average molecular weight is 382 g/mol. The Hall–Kier alpha value is -2.73. The van der Waals surface area contributed by atoms with Crippen molar-refractivity contribution in [2.45, 2.75) is 38.3 Å². The lowest BCUT2D eigenvalue weighted by atomic mass is 10.2. The molecule has 2 fully saturated rings. The Balaban J connectivity index is 1.36. The van der Waals surface area contributed by atoms with Crippen LogP contribution in [-0.4, -0.2) is 30.9 Å². The molecule has 2 aromatic rings. The molecule has 1 aliphatic heterocycles. The van der Waals surface area contributed by atoms with E-state index in [-0.39, 0.29) is 17.6 Å². The summed E-state index contributed by atoms with van der Waals surface area (Å²) in [7, 11) is 0. The van der Waals surface area contributed by atoms with Gasteiger partial charge in [-0.25, -0.2) is 4.39 Å². The first-order valence-corrected chi connectivity index (χ1v) is 9.88. The van der Waals surface area contributed by atoms with Gasteiger partial charge in [0.1, 0.15) is 12.4 Å². The molecule has 0 aromatic heterocycles. The van der Waals surface area contributed by atoms with Gasteiger partial charge in [0.2, 0.25) is 5.91 Å². The van der Waals surface area contributed by atoms with Crippen molar-refractivity contribution in [2.75, 3.05) is 23.3 Å². The molecule has 1 atom stereocenters. The number of amides is 2. The van der Waals surface area contributed by atoms with Crippen LogP contribution in [0.15, 0.2) is 48.5 Å². The number of quaternary nitrogens is 1. The van der Waals surface area contributed by atoms with E-state index in [9.17, 15) is 14.0 Å². The van der Waals surface area contributed by atoms with Crippen LogP contribution in [0.2, 0.25) is 0 Å². The number of rotatable bonds is 7. The van der Waals surface area contributed by atoms with E-state index < -0.39 is 0 Å². The van der Waals surface area contributed by atoms with Crippen molar-refractivity contribution in [3.63, 3.8) is 0 Å². The van der Waals surface area contributed by atoms with Gasteiger partial charge in [0.25, 0.3) is 5.91 Å². The third kappa shape index (κ3) is 4.39. The Kier molecular flexibility index (Phi) is 5.39. The van der Waals surface area contributed by atoms with E-state index >= 15 is 0 Å². The van der Waals surface area contributed by atoms with E-state index in [1.165, 1.54) is 6.07 Å². The summed E-state index contributed by atoms with van der Waals surface area (Å²) in [6.45, 7) is 1.58. The van der Waals surface area contributed by atoms with E-state index in [0.717, 1.165) is 36.4 Å². The maximum absolute atomic E-state index is 14.0. The highest BCUT2D eigenvalue weighted by Crippen LogP contribution is 2.23. The van der Waals surface area contributed by atoms with E-state index in [1.54, 1.807) is 17.0 Å². The fraction of sp³-hybridized carbons (Fsp3) is 0.364. The molecule has 0 spiro atoms. The highest BCUT2D eigenvalue weighted by Gasteiger charge is 2.35. The molecule has 0 bridgehead atoms. The minimum absolute atomic E-state index is 0.0803. The third-order valence-electron chi connectivity index (χ3n) is 5.45. The second-order valence-corrected chi connectivity index (χ2v) is 7.62. The Morgan fingerprint density at radius 1 is 1.14 bits per heavy atom. The van der Waals surface area contributed by atoms with Crippen LogP contribution in [0, 0.1) is 5.82 Å². The molecule has 0 radical (unpaired) electrons. The summed E-state index contributed by atoms with van der Waals surface area (Å²) in [5.74, 6) is -0.148. The highest BCUT2D eigenvalue weighted by atomic mass is 19.1. The number of nitrogens with zero attached hydrogens (tertiary/aromatic N) is 1. The van der Waals surface area contributed by atoms with Gasteiger partial charge in [0.05, 0.1) is 6.04 Å². The summed E-state index contributed by atoms with van der Waals surface area (Å²) in [6.07, 6.45) is 3.64.